The van der Waals surface area contributed by atoms with Gasteiger partial charge in [-0.25, -0.2) is 0 Å². The molecule has 2 amide bonds. The molecule has 0 aliphatic carbocycles. The van der Waals surface area contributed by atoms with E-state index in [-0.39, 0.29) is 5.56 Å². The van der Waals surface area contributed by atoms with Gasteiger partial charge in [0.25, 0.3) is 11.8 Å². The summed E-state index contributed by atoms with van der Waals surface area (Å²) in [6.07, 6.45) is 1.59. The second-order valence-corrected chi connectivity index (χ2v) is 5.69. The zero-order valence-corrected chi connectivity index (χ0v) is 13.2. The summed E-state index contributed by atoms with van der Waals surface area (Å²) in [5.41, 5.74) is 6.23. The number of aromatic amines is 1. The number of carbonyl (C=O) groups is 2. The van der Waals surface area contributed by atoms with Gasteiger partial charge in [-0.1, -0.05) is 41.4 Å². The Bertz CT molecular complexity index is 885. The van der Waals surface area contributed by atoms with Gasteiger partial charge in [-0.05, 0) is 24.3 Å². The van der Waals surface area contributed by atoms with Gasteiger partial charge >= 0.3 is 0 Å². The van der Waals surface area contributed by atoms with Crippen LogP contribution in [0.25, 0.3) is 10.9 Å². The van der Waals surface area contributed by atoms with E-state index in [1.54, 1.807) is 6.20 Å². The fraction of sp³-hybridized carbons (Fsp3) is 0. The van der Waals surface area contributed by atoms with Gasteiger partial charge in [-0.3, -0.25) is 20.4 Å². The van der Waals surface area contributed by atoms with Crippen molar-refractivity contribution < 1.29 is 9.59 Å². The number of carbonyl (C=O) groups excluding carboxylic acids is 2. The molecule has 0 aliphatic rings. The normalized spacial score (nSPS) is 10.5. The quantitative estimate of drug-likeness (QED) is 0.620. The molecule has 1 heterocycles. The first-order valence-electron chi connectivity index (χ1n) is 6.67. The third-order valence-electron chi connectivity index (χ3n) is 3.25. The van der Waals surface area contributed by atoms with Crippen molar-refractivity contribution in [1.29, 1.82) is 0 Å². The van der Waals surface area contributed by atoms with Crippen molar-refractivity contribution in [3.05, 3.63) is 69.8 Å². The fourth-order valence-electron chi connectivity index (χ4n) is 2.20. The number of hydrogen-bond donors (Lipinski definition) is 3. The zero-order valence-electron chi connectivity index (χ0n) is 11.7. The van der Waals surface area contributed by atoms with Gasteiger partial charge in [-0.2, -0.15) is 0 Å². The van der Waals surface area contributed by atoms with Crippen LogP contribution in [0.15, 0.2) is 48.7 Å². The number of hydrazine groups is 1. The average Bonchev–Trinajstić information content (AvgIpc) is 2.95. The van der Waals surface area contributed by atoms with Crippen molar-refractivity contribution in [1.82, 2.24) is 15.8 Å². The molecule has 3 rings (SSSR count). The van der Waals surface area contributed by atoms with Crippen molar-refractivity contribution in [2.75, 3.05) is 0 Å². The lowest BCUT2D eigenvalue weighted by Gasteiger charge is -2.07. The molecule has 0 saturated carbocycles. The van der Waals surface area contributed by atoms with Crippen LogP contribution in [0.2, 0.25) is 10.0 Å². The number of amides is 2. The molecule has 0 aliphatic heterocycles. The highest BCUT2D eigenvalue weighted by atomic mass is 35.5. The maximum atomic E-state index is 12.2. The summed E-state index contributed by atoms with van der Waals surface area (Å²) < 4.78 is 0. The number of aromatic nitrogens is 1. The van der Waals surface area contributed by atoms with E-state index in [1.165, 1.54) is 18.2 Å². The summed E-state index contributed by atoms with van der Waals surface area (Å²) in [6.45, 7) is 0. The molecule has 5 nitrogen and oxygen atoms in total. The average molecular weight is 348 g/mol. The number of hydrogen-bond acceptors (Lipinski definition) is 2. The summed E-state index contributed by atoms with van der Waals surface area (Å²) in [6, 6.07) is 11.8. The van der Waals surface area contributed by atoms with Crippen molar-refractivity contribution in [3.63, 3.8) is 0 Å². The Kier molecular flexibility index (Phi) is 4.23. The molecule has 0 fully saturated rings. The summed E-state index contributed by atoms with van der Waals surface area (Å²) in [7, 11) is 0. The Morgan fingerprint density at radius 3 is 2.30 bits per heavy atom. The molecule has 0 unspecified atom stereocenters. The summed E-state index contributed by atoms with van der Waals surface area (Å²) in [4.78, 5) is 27.2. The number of para-hydroxylation sites is 1. The number of H-pyrrole nitrogens is 1. The smallest absolute Gasteiger partial charge is 0.271 e. The van der Waals surface area contributed by atoms with Crippen LogP contribution >= 0.6 is 23.2 Å². The molecule has 0 radical (unpaired) electrons. The first-order chi connectivity index (χ1) is 11.0. The van der Waals surface area contributed by atoms with Crippen molar-refractivity contribution in [2.45, 2.75) is 0 Å². The minimum Gasteiger partial charge on any atom is -0.360 e. The molecule has 0 spiro atoms. The Morgan fingerprint density at radius 1 is 0.913 bits per heavy atom. The largest absolute Gasteiger partial charge is 0.360 e. The van der Waals surface area contributed by atoms with Crippen LogP contribution < -0.4 is 10.9 Å². The highest BCUT2D eigenvalue weighted by Crippen LogP contribution is 2.19. The van der Waals surface area contributed by atoms with E-state index in [9.17, 15) is 9.59 Å². The standard InChI is InChI=1S/C16H11Cl2N3O2/c17-10-5-9(6-11(18)7-10)15(22)20-21-16(23)13-8-19-14-4-2-1-3-12(13)14/h1-8,19H,(H,20,22)(H,21,23). The number of benzene rings is 2. The molecule has 0 bridgehead atoms. The van der Waals surface area contributed by atoms with E-state index >= 15 is 0 Å². The van der Waals surface area contributed by atoms with Crippen LogP contribution in [0.4, 0.5) is 0 Å². The van der Waals surface area contributed by atoms with Crippen molar-refractivity contribution >= 4 is 45.9 Å². The van der Waals surface area contributed by atoms with Crippen LogP contribution in [0.3, 0.4) is 0 Å². The van der Waals surface area contributed by atoms with E-state index in [0.717, 1.165) is 10.9 Å². The number of nitrogens with one attached hydrogen (secondary N) is 3. The number of halogens is 2. The Morgan fingerprint density at radius 2 is 1.57 bits per heavy atom. The first kappa shape index (κ1) is 15.4. The van der Waals surface area contributed by atoms with Gasteiger partial charge in [0.2, 0.25) is 0 Å². The third-order valence-corrected chi connectivity index (χ3v) is 3.68. The van der Waals surface area contributed by atoms with Crippen LogP contribution in [-0.4, -0.2) is 16.8 Å². The maximum absolute atomic E-state index is 12.2. The van der Waals surface area contributed by atoms with E-state index in [4.69, 9.17) is 23.2 Å². The molecule has 3 aromatic rings. The second-order valence-electron chi connectivity index (χ2n) is 4.81. The van der Waals surface area contributed by atoms with Crippen LogP contribution in [0, 0.1) is 0 Å². The van der Waals surface area contributed by atoms with Crippen molar-refractivity contribution in [3.8, 4) is 0 Å². The molecule has 0 saturated heterocycles. The van der Waals surface area contributed by atoms with E-state index in [2.05, 4.69) is 15.8 Å². The Balaban J connectivity index is 1.72. The van der Waals surface area contributed by atoms with E-state index < -0.39 is 11.8 Å². The molecule has 7 heteroatoms. The third kappa shape index (κ3) is 3.31. The Labute approximate surface area is 141 Å². The lowest BCUT2D eigenvalue weighted by molar-refractivity contribution is 0.0847. The van der Waals surface area contributed by atoms with Gasteiger partial charge in [-0.15, -0.1) is 0 Å². The molecule has 1 aromatic heterocycles. The summed E-state index contributed by atoms with van der Waals surface area (Å²) >= 11 is 11.7. The molecule has 3 N–H and O–H groups in total. The van der Waals surface area contributed by atoms with Crippen LogP contribution in [0.5, 0.6) is 0 Å². The molecule has 23 heavy (non-hydrogen) atoms. The summed E-state index contributed by atoms with van der Waals surface area (Å²) in [5, 5.41) is 1.45. The molecule has 2 aromatic carbocycles. The SMILES string of the molecule is O=C(NNC(=O)c1c[nH]c2ccccc12)c1cc(Cl)cc(Cl)c1. The molecular formula is C16H11Cl2N3O2. The van der Waals surface area contributed by atoms with Gasteiger partial charge in [0.15, 0.2) is 0 Å². The highest BCUT2D eigenvalue weighted by molar-refractivity contribution is 6.35. The minimum absolute atomic E-state index is 0.252. The second kappa shape index (κ2) is 6.32. The van der Waals surface area contributed by atoms with Crippen LogP contribution in [-0.2, 0) is 0 Å². The van der Waals surface area contributed by atoms with Crippen LogP contribution in [0.1, 0.15) is 20.7 Å². The summed E-state index contributed by atoms with van der Waals surface area (Å²) in [5.74, 6) is -0.938. The van der Waals surface area contributed by atoms with Gasteiger partial charge < -0.3 is 4.98 Å². The predicted molar refractivity (Wildman–Crippen MR) is 89.7 cm³/mol. The van der Waals surface area contributed by atoms with E-state index in [1.807, 2.05) is 24.3 Å². The van der Waals surface area contributed by atoms with E-state index in [0.29, 0.717) is 15.6 Å². The first-order valence-corrected chi connectivity index (χ1v) is 7.43. The van der Waals surface area contributed by atoms with Crippen molar-refractivity contribution in [2.24, 2.45) is 0 Å². The number of rotatable bonds is 2. The molecule has 116 valence electrons. The van der Waals surface area contributed by atoms with Gasteiger partial charge in [0, 0.05) is 32.7 Å². The highest BCUT2D eigenvalue weighted by Gasteiger charge is 2.13. The fourth-order valence-corrected chi connectivity index (χ4v) is 2.72. The lowest BCUT2D eigenvalue weighted by atomic mass is 10.2. The molecular weight excluding hydrogens is 337 g/mol. The minimum atomic E-state index is -0.511. The predicted octanol–water partition coefficient (Wildman–Crippen LogP) is 3.55. The maximum Gasteiger partial charge on any atom is 0.271 e. The monoisotopic (exact) mass is 347 g/mol. The van der Waals surface area contributed by atoms with Gasteiger partial charge in [0.1, 0.15) is 0 Å². The zero-order chi connectivity index (χ0) is 16.4. The number of fused-ring (bicyclic) bond motifs is 1. The molecule has 0 atom stereocenters. The Hall–Kier alpha value is -2.50. The lowest BCUT2D eigenvalue weighted by Crippen LogP contribution is -2.41. The topological polar surface area (TPSA) is 74.0 Å². The van der Waals surface area contributed by atoms with Gasteiger partial charge in [0.05, 0.1) is 5.56 Å².